The van der Waals surface area contributed by atoms with Gasteiger partial charge in [0, 0.05) is 21.0 Å². The fourth-order valence-corrected chi connectivity index (χ4v) is 8.35. The highest BCUT2D eigenvalue weighted by atomic mass is 31.1. The Bertz CT molecular complexity index is 1350. The van der Waals surface area contributed by atoms with Crippen molar-refractivity contribution in [2.75, 3.05) is 0 Å². The minimum Gasteiger partial charge on any atom is -0.473 e. The molecule has 4 heteroatoms. The lowest BCUT2D eigenvalue weighted by Crippen LogP contribution is -2.46. The van der Waals surface area contributed by atoms with Crippen LogP contribution in [0.15, 0.2) is 114 Å². The van der Waals surface area contributed by atoms with Crippen LogP contribution < -0.4 is 10.6 Å². The Balaban J connectivity index is 1.33. The lowest BCUT2D eigenvalue weighted by atomic mass is 9.96. The number of fused-ring (bicyclic) bond motifs is 4. The van der Waals surface area contributed by atoms with Gasteiger partial charge in [0.25, 0.3) is 0 Å². The molecule has 0 bridgehead atoms. The van der Waals surface area contributed by atoms with Gasteiger partial charge in [0.15, 0.2) is 0 Å². The summed E-state index contributed by atoms with van der Waals surface area (Å²) in [6.07, 6.45) is 2.00. The molecule has 1 aliphatic carbocycles. The van der Waals surface area contributed by atoms with Crippen molar-refractivity contribution in [1.29, 1.82) is 0 Å². The van der Waals surface area contributed by atoms with E-state index in [1.54, 1.807) is 0 Å². The van der Waals surface area contributed by atoms with E-state index in [1.165, 1.54) is 32.9 Å². The molecule has 35 heavy (non-hydrogen) atoms. The van der Waals surface area contributed by atoms with E-state index in [1.807, 2.05) is 0 Å². The fraction of sp³-hybridized carbons (Fsp3) is 0.194. The predicted molar refractivity (Wildman–Crippen MR) is 144 cm³/mol. The number of hydrogen-bond donors (Lipinski definition) is 0. The highest BCUT2D eigenvalue weighted by Crippen LogP contribution is 2.47. The van der Waals surface area contributed by atoms with Crippen LogP contribution in [0.25, 0.3) is 0 Å². The Morgan fingerprint density at radius 1 is 0.657 bits per heavy atom. The molecule has 3 aliphatic rings. The molecule has 0 spiro atoms. The molecule has 0 saturated carbocycles. The van der Waals surface area contributed by atoms with Gasteiger partial charge < -0.3 is 4.74 Å². The molecule has 4 aromatic carbocycles. The molecular formula is C31H27N2OP. The molecule has 7 rings (SSSR count). The Labute approximate surface area is 207 Å². The first-order chi connectivity index (χ1) is 17.3. The third-order valence-electron chi connectivity index (χ3n) is 7.45. The second kappa shape index (κ2) is 8.75. The SMILES string of the molecule is c1ccc(P(c2ccccc2)N2Cc3ccccc3C[C@H]2C2=N[C@@H]3c4ccccc4C[C@@H]3O2)cc1. The van der Waals surface area contributed by atoms with Crippen molar-refractivity contribution >= 4 is 24.6 Å². The van der Waals surface area contributed by atoms with Crippen molar-refractivity contribution in [3.63, 3.8) is 0 Å². The zero-order chi connectivity index (χ0) is 23.2. The zero-order valence-corrected chi connectivity index (χ0v) is 20.4. The van der Waals surface area contributed by atoms with Crippen LogP contribution in [0.5, 0.6) is 0 Å². The second-order valence-electron chi connectivity index (χ2n) is 9.54. The summed E-state index contributed by atoms with van der Waals surface area (Å²) in [5.41, 5.74) is 5.54. The average Bonchev–Trinajstić information content (AvgIpc) is 3.48. The molecular weight excluding hydrogens is 447 g/mol. The van der Waals surface area contributed by atoms with Gasteiger partial charge in [-0.1, -0.05) is 109 Å². The van der Waals surface area contributed by atoms with Crippen molar-refractivity contribution in [1.82, 2.24) is 4.67 Å². The molecule has 172 valence electrons. The molecule has 3 atom stereocenters. The highest BCUT2D eigenvalue weighted by Gasteiger charge is 2.45. The summed E-state index contributed by atoms with van der Waals surface area (Å²) in [5.74, 6) is 0.920. The van der Waals surface area contributed by atoms with E-state index in [4.69, 9.17) is 9.73 Å². The van der Waals surface area contributed by atoms with Crippen LogP contribution in [0.3, 0.4) is 0 Å². The van der Waals surface area contributed by atoms with Crippen LogP contribution in [0.1, 0.15) is 28.3 Å². The Hall–Kier alpha value is -3.26. The Morgan fingerprint density at radius 3 is 1.97 bits per heavy atom. The molecule has 2 aliphatic heterocycles. The molecule has 0 fully saturated rings. The van der Waals surface area contributed by atoms with Crippen molar-refractivity contribution in [2.45, 2.75) is 37.6 Å². The number of benzene rings is 4. The van der Waals surface area contributed by atoms with E-state index in [-0.39, 0.29) is 18.2 Å². The lowest BCUT2D eigenvalue weighted by molar-refractivity contribution is 0.186. The monoisotopic (exact) mass is 474 g/mol. The Kier molecular flexibility index (Phi) is 5.26. The zero-order valence-electron chi connectivity index (χ0n) is 19.5. The first kappa shape index (κ1) is 21.1. The van der Waals surface area contributed by atoms with Gasteiger partial charge in [-0.25, -0.2) is 4.99 Å². The first-order valence-electron chi connectivity index (χ1n) is 12.4. The summed E-state index contributed by atoms with van der Waals surface area (Å²) in [6.45, 7) is 0.893. The standard InChI is InChI=1S/C31H27N2OP/c1-3-14-25(15-4-1)35(26-16-5-2-6-17-26)33-21-24-13-8-7-11-22(24)19-28(33)31-32-30-27-18-10-9-12-23(27)20-29(30)34-31/h1-18,28-30H,19-21H2/t28-,29-,30+/m0/s1. The molecule has 0 amide bonds. The smallest absolute Gasteiger partial charge is 0.202 e. The van der Waals surface area contributed by atoms with Gasteiger partial charge in [-0.3, -0.25) is 4.67 Å². The quantitative estimate of drug-likeness (QED) is 0.362. The van der Waals surface area contributed by atoms with E-state index >= 15 is 0 Å². The van der Waals surface area contributed by atoms with Gasteiger partial charge >= 0.3 is 0 Å². The summed E-state index contributed by atoms with van der Waals surface area (Å²) in [7, 11) is -0.744. The van der Waals surface area contributed by atoms with E-state index in [0.717, 1.165) is 25.3 Å². The molecule has 0 unspecified atom stereocenters. The van der Waals surface area contributed by atoms with E-state index in [9.17, 15) is 0 Å². The predicted octanol–water partition coefficient (Wildman–Crippen LogP) is 5.56. The van der Waals surface area contributed by atoms with E-state index in [2.05, 4.69) is 114 Å². The maximum Gasteiger partial charge on any atom is 0.202 e. The topological polar surface area (TPSA) is 24.8 Å². The van der Waals surface area contributed by atoms with Crippen molar-refractivity contribution in [3.05, 3.63) is 131 Å². The largest absolute Gasteiger partial charge is 0.473 e. The highest BCUT2D eigenvalue weighted by molar-refractivity contribution is 7.70. The normalized spacial score (nSPS) is 22.8. The van der Waals surface area contributed by atoms with Crippen LogP contribution in [-0.2, 0) is 24.1 Å². The van der Waals surface area contributed by atoms with Gasteiger partial charge in [-0.2, -0.15) is 0 Å². The van der Waals surface area contributed by atoms with Crippen LogP contribution in [0.2, 0.25) is 0 Å². The van der Waals surface area contributed by atoms with Gasteiger partial charge in [-0.15, -0.1) is 0 Å². The molecule has 2 heterocycles. The maximum absolute atomic E-state index is 6.69. The van der Waals surface area contributed by atoms with Crippen LogP contribution >= 0.6 is 8.07 Å². The molecule has 0 aromatic heterocycles. The van der Waals surface area contributed by atoms with Crippen molar-refractivity contribution in [2.24, 2.45) is 4.99 Å². The summed E-state index contributed by atoms with van der Waals surface area (Å²) < 4.78 is 9.37. The van der Waals surface area contributed by atoms with Gasteiger partial charge in [-0.05, 0) is 39.3 Å². The third-order valence-corrected chi connectivity index (χ3v) is 9.96. The van der Waals surface area contributed by atoms with Crippen LogP contribution in [-0.4, -0.2) is 22.7 Å². The average molecular weight is 475 g/mol. The minimum absolute atomic E-state index is 0.120. The molecule has 0 N–H and O–H groups in total. The molecule has 4 aromatic rings. The number of aliphatic imine (C=N–C) groups is 1. The first-order valence-corrected chi connectivity index (χ1v) is 13.7. The van der Waals surface area contributed by atoms with Crippen LogP contribution in [0.4, 0.5) is 0 Å². The number of hydrogen-bond acceptors (Lipinski definition) is 3. The van der Waals surface area contributed by atoms with Gasteiger partial charge in [0.05, 0.1) is 6.04 Å². The molecule has 3 nitrogen and oxygen atoms in total. The second-order valence-corrected chi connectivity index (χ2v) is 11.7. The summed E-state index contributed by atoms with van der Waals surface area (Å²) in [6, 6.07) is 39.8. The summed E-state index contributed by atoms with van der Waals surface area (Å²) in [4.78, 5) is 5.27. The van der Waals surface area contributed by atoms with Crippen LogP contribution in [0, 0.1) is 0 Å². The Morgan fingerprint density at radius 2 is 1.26 bits per heavy atom. The number of nitrogens with zero attached hydrogens (tertiary/aromatic N) is 2. The van der Waals surface area contributed by atoms with Crippen molar-refractivity contribution < 1.29 is 4.74 Å². The summed E-state index contributed by atoms with van der Waals surface area (Å²) in [5, 5.41) is 2.73. The summed E-state index contributed by atoms with van der Waals surface area (Å²) >= 11 is 0. The maximum atomic E-state index is 6.69. The minimum atomic E-state index is -0.744. The fourth-order valence-electron chi connectivity index (χ4n) is 5.80. The third kappa shape index (κ3) is 3.71. The lowest BCUT2D eigenvalue weighted by Gasteiger charge is -2.41. The van der Waals surface area contributed by atoms with E-state index < -0.39 is 8.07 Å². The van der Waals surface area contributed by atoms with Gasteiger partial charge in [0.1, 0.15) is 12.1 Å². The van der Waals surface area contributed by atoms with Gasteiger partial charge in [0.2, 0.25) is 5.90 Å². The molecule has 0 saturated heterocycles. The number of ether oxygens (including phenoxy) is 1. The van der Waals surface area contributed by atoms with Crippen molar-refractivity contribution in [3.8, 4) is 0 Å². The molecule has 0 radical (unpaired) electrons. The number of rotatable bonds is 4. The van der Waals surface area contributed by atoms with E-state index in [0.29, 0.717) is 0 Å².